The molecule has 0 amide bonds. The molecular formula is C55H48GeIrN4O-2. The zero-order chi connectivity index (χ0) is 43.2. The quantitative estimate of drug-likeness (QED) is 0.118. The van der Waals surface area contributed by atoms with Gasteiger partial charge in [-0.2, -0.15) is 0 Å². The molecule has 1 unspecified atom stereocenters. The van der Waals surface area contributed by atoms with Gasteiger partial charge in [0, 0.05) is 36.9 Å². The predicted octanol–water partition coefficient (Wildman–Crippen LogP) is 13.6. The van der Waals surface area contributed by atoms with Gasteiger partial charge in [-0.05, 0) is 79.4 Å². The molecular weight excluding hydrogens is 997 g/mol. The van der Waals surface area contributed by atoms with E-state index in [1.807, 2.05) is 105 Å². The number of rotatable bonds is 7. The van der Waals surface area contributed by atoms with Crippen molar-refractivity contribution in [3.05, 3.63) is 198 Å². The number of para-hydroxylation sites is 2. The molecule has 10 rings (SSSR count). The standard InChI is InChI=1S/C33H24N3O.C22H24GeN.Ir/c1-20-18-24(23-10-5-4-6-11-23)19-21(2)30(20)36-29-15-8-7-14-28(29)35-32(36)27-13-9-12-25-26-17-16-22(3)34-33(26)37-31(25)27;1-17(18-11-7-5-8-12-18)20-15-22(19-13-9-6-10-14-19)24-16-21(20)23(2,3)4;/h4-12,14-19H,1-3H3;5-13,15-17H,1-4H3;/q2*-1;/i;17D;. The van der Waals surface area contributed by atoms with Crippen molar-refractivity contribution in [2.45, 2.75) is 50.9 Å². The molecule has 0 bridgehead atoms. The summed E-state index contributed by atoms with van der Waals surface area (Å²) in [6.45, 7) is 8.31. The van der Waals surface area contributed by atoms with E-state index in [1.165, 1.54) is 26.6 Å². The Morgan fingerprint density at radius 2 is 1.39 bits per heavy atom. The van der Waals surface area contributed by atoms with Gasteiger partial charge in [-0.25, -0.2) is 4.98 Å². The molecule has 1 atom stereocenters. The Bertz CT molecular complexity index is 3210. The molecule has 6 aromatic carbocycles. The molecule has 4 heterocycles. The molecule has 0 aliphatic heterocycles. The van der Waals surface area contributed by atoms with Crippen molar-refractivity contribution >= 4 is 50.8 Å². The van der Waals surface area contributed by atoms with E-state index in [0.717, 1.165) is 72.5 Å². The van der Waals surface area contributed by atoms with Gasteiger partial charge in [-0.15, -0.1) is 18.2 Å². The third-order valence-electron chi connectivity index (χ3n) is 11.4. The topological polar surface area (TPSA) is 56.7 Å². The summed E-state index contributed by atoms with van der Waals surface area (Å²) in [4.78, 5) is 14.5. The van der Waals surface area contributed by atoms with Crippen molar-refractivity contribution in [3.63, 3.8) is 0 Å². The van der Waals surface area contributed by atoms with E-state index >= 15 is 0 Å². The summed E-state index contributed by atoms with van der Waals surface area (Å²) in [5.41, 5.74) is 15.0. The van der Waals surface area contributed by atoms with Crippen LogP contribution in [-0.4, -0.2) is 32.8 Å². The molecule has 4 aromatic heterocycles. The van der Waals surface area contributed by atoms with Crippen LogP contribution in [0.4, 0.5) is 0 Å². The first kappa shape index (κ1) is 41.4. The number of aromatic nitrogens is 4. The molecule has 0 N–H and O–H groups in total. The van der Waals surface area contributed by atoms with Crippen LogP contribution in [0.25, 0.3) is 72.6 Å². The maximum atomic E-state index is 9.18. The maximum absolute atomic E-state index is 9.18. The first-order valence-electron chi connectivity index (χ1n) is 21.3. The summed E-state index contributed by atoms with van der Waals surface area (Å²) in [7, 11) is 0. The third-order valence-corrected chi connectivity index (χ3v) is 15.6. The Balaban J connectivity index is 0.000000184. The van der Waals surface area contributed by atoms with Crippen LogP contribution in [0, 0.1) is 32.9 Å². The van der Waals surface area contributed by atoms with E-state index in [2.05, 4.69) is 120 Å². The summed E-state index contributed by atoms with van der Waals surface area (Å²) < 4.78 is 19.1. The van der Waals surface area contributed by atoms with E-state index in [4.69, 9.17) is 14.4 Å². The van der Waals surface area contributed by atoms with Gasteiger partial charge in [0.05, 0.1) is 22.4 Å². The molecule has 0 saturated heterocycles. The number of aryl methyl sites for hydroxylation is 3. The van der Waals surface area contributed by atoms with Gasteiger partial charge in [0.2, 0.25) is 5.71 Å². The minimum absolute atomic E-state index is 0. The molecule has 7 heteroatoms. The van der Waals surface area contributed by atoms with Crippen LogP contribution in [0.1, 0.15) is 42.1 Å². The van der Waals surface area contributed by atoms with Crippen LogP contribution in [0.3, 0.4) is 0 Å². The minimum Gasteiger partial charge on any atom is 0 e. The van der Waals surface area contributed by atoms with Gasteiger partial charge < -0.3 is 8.98 Å². The monoisotopic (exact) mass is 1050 g/mol. The number of pyridine rings is 2. The number of hydrogen-bond donors (Lipinski definition) is 0. The van der Waals surface area contributed by atoms with Gasteiger partial charge in [0.15, 0.2) is 0 Å². The van der Waals surface area contributed by atoms with Gasteiger partial charge in [0.25, 0.3) is 0 Å². The van der Waals surface area contributed by atoms with E-state index in [0.29, 0.717) is 5.71 Å². The minimum atomic E-state index is -2.18. The Kier molecular flexibility index (Phi) is 11.9. The number of imidazole rings is 1. The number of benzene rings is 6. The van der Waals surface area contributed by atoms with E-state index < -0.39 is 19.2 Å². The van der Waals surface area contributed by atoms with Crippen molar-refractivity contribution in [2.24, 2.45) is 0 Å². The van der Waals surface area contributed by atoms with Gasteiger partial charge >= 0.3 is 149 Å². The van der Waals surface area contributed by atoms with Gasteiger partial charge in [0.1, 0.15) is 0 Å². The summed E-state index contributed by atoms with van der Waals surface area (Å²) in [5, 5.41) is 2.01. The number of nitrogens with zero attached hydrogens (tertiary/aromatic N) is 4. The van der Waals surface area contributed by atoms with Crippen LogP contribution in [0.2, 0.25) is 17.3 Å². The smallest absolute Gasteiger partial charge is 0 e. The second kappa shape index (κ2) is 17.8. The van der Waals surface area contributed by atoms with Crippen LogP contribution >= 0.6 is 0 Å². The first-order chi connectivity index (χ1) is 29.9. The molecule has 0 aliphatic carbocycles. The fraction of sp³-hybridized carbons (Fsp3) is 0.145. The summed E-state index contributed by atoms with van der Waals surface area (Å²) in [5.74, 6) is 7.07. The van der Waals surface area contributed by atoms with Crippen molar-refractivity contribution in [2.75, 3.05) is 0 Å². The number of fused-ring (bicyclic) bond motifs is 4. The molecule has 62 heavy (non-hydrogen) atoms. The Hall–Kier alpha value is -5.92. The van der Waals surface area contributed by atoms with Crippen molar-refractivity contribution in [1.82, 2.24) is 19.5 Å². The van der Waals surface area contributed by atoms with Gasteiger partial charge in [-0.3, -0.25) is 4.98 Å². The SMILES string of the molecule is Cc1ccc2c(n1)oc1c(-c3nc4ccccc4n3-c3c(C)cc(-c4ccccc4)cc3C)[c-]ccc12.[2H]C(C)(c1ccccc1)c1cc(-c2[c-]cccc2)nc[c]1[Ge]([CH3])([CH3])[CH3].[Ir]. The summed E-state index contributed by atoms with van der Waals surface area (Å²) in [6, 6.07) is 58.2. The average Bonchev–Trinajstić information content (AvgIpc) is 3.85. The molecule has 0 saturated carbocycles. The van der Waals surface area contributed by atoms with E-state index in [1.54, 1.807) is 0 Å². The van der Waals surface area contributed by atoms with Crippen LogP contribution in [-0.2, 0) is 20.1 Å². The zero-order valence-electron chi connectivity index (χ0n) is 37.0. The van der Waals surface area contributed by atoms with Crippen molar-refractivity contribution in [3.8, 4) is 39.5 Å². The van der Waals surface area contributed by atoms with Crippen LogP contribution < -0.4 is 4.40 Å². The van der Waals surface area contributed by atoms with E-state index in [-0.39, 0.29) is 20.1 Å². The first-order valence-corrected chi connectivity index (χ1v) is 28.1. The van der Waals surface area contributed by atoms with E-state index in [9.17, 15) is 1.37 Å². The summed E-state index contributed by atoms with van der Waals surface area (Å²) >= 11 is -2.18. The zero-order valence-corrected chi connectivity index (χ0v) is 40.5. The summed E-state index contributed by atoms with van der Waals surface area (Å²) in [6.07, 6.45) is 2.02. The number of furan rings is 1. The Morgan fingerprint density at radius 3 is 2.10 bits per heavy atom. The molecule has 0 aliphatic rings. The average molecular weight is 1050 g/mol. The maximum Gasteiger partial charge on any atom is 0 e. The molecule has 5 nitrogen and oxygen atoms in total. The molecule has 1 radical (unpaired) electrons. The Labute approximate surface area is 382 Å². The fourth-order valence-corrected chi connectivity index (χ4v) is 11.5. The van der Waals surface area contributed by atoms with Crippen LogP contribution in [0.5, 0.6) is 0 Å². The third kappa shape index (κ3) is 8.35. The molecule has 10 aromatic rings. The molecule has 309 valence electrons. The predicted molar refractivity (Wildman–Crippen MR) is 256 cm³/mol. The normalized spacial score (nSPS) is 12.7. The van der Waals surface area contributed by atoms with Crippen molar-refractivity contribution in [1.29, 1.82) is 0 Å². The second-order valence-electron chi connectivity index (χ2n) is 16.7. The number of hydrogen-bond acceptors (Lipinski definition) is 4. The van der Waals surface area contributed by atoms with Crippen molar-refractivity contribution < 1.29 is 25.9 Å². The van der Waals surface area contributed by atoms with Crippen LogP contribution in [0.15, 0.2) is 162 Å². The largest absolute Gasteiger partial charge is 0 e. The molecule has 0 spiro atoms. The Morgan fingerprint density at radius 1 is 0.694 bits per heavy atom. The van der Waals surface area contributed by atoms with Gasteiger partial charge in [-0.1, -0.05) is 53.4 Å². The fourth-order valence-electron chi connectivity index (χ4n) is 8.31. The second-order valence-corrected chi connectivity index (χ2v) is 27.3. The molecule has 0 fully saturated rings.